The van der Waals surface area contributed by atoms with E-state index in [4.69, 9.17) is 14.2 Å². The number of thiazole rings is 1. The normalized spacial score (nSPS) is 10.5. The molecule has 1 heterocycles. The fourth-order valence-corrected chi connectivity index (χ4v) is 4.13. The minimum atomic E-state index is -0.218. The van der Waals surface area contributed by atoms with Gasteiger partial charge in [-0.2, -0.15) is 0 Å². The maximum atomic E-state index is 11.9. The topological polar surface area (TPSA) is 57.7 Å². The van der Waals surface area contributed by atoms with Crippen molar-refractivity contribution in [1.82, 2.24) is 4.98 Å². The highest BCUT2D eigenvalue weighted by Crippen LogP contribution is 2.33. The number of thioether (sulfide) groups is 1. The molecular weight excluding hydrogens is 394 g/mol. The zero-order chi connectivity index (χ0) is 19.8. The van der Waals surface area contributed by atoms with Gasteiger partial charge in [-0.1, -0.05) is 18.2 Å². The van der Waals surface area contributed by atoms with Gasteiger partial charge in [0.05, 0.1) is 26.3 Å². The van der Waals surface area contributed by atoms with Gasteiger partial charge in [0.1, 0.15) is 11.6 Å². The molecule has 0 N–H and O–H groups in total. The summed E-state index contributed by atoms with van der Waals surface area (Å²) in [6.07, 6.45) is 0.367. The quantitative estimate of drug-likeness (QED) is 0.360. The van der Waals surface area contributed by atoms with E-state index in [1.165, 1.54) is 11.3 Å². The van der Waals surface area contributed by atoms with Crippen LogP contribution in [0.25, 0.3) is 10.6 Å². The second kappa shape index (κ2) is 10.1. The number of methoxy groups -OCH3 is 2. The molecule has 0 fully saturated rings. The molecule has 0 aliphatic carbocycles. The number of hydrogen-bond acceptors (Lipinski definition) is 7. The van der Waals surface area contributed by atoms with E-state index in [2.05, 4.69) is 4.98 Å². The van der Waals surface area contributed by atoms with E-state index in [1.807, 2.05) is 53.9 Å². The van der Waals surface area contributed by atoms with Crippen LogP contribution in [0, 0.1) is 0 Å². The zero-order valence-electron chi connectivity index (χ0n) is 15.7. The van der Waals surface area contributed by atoms with Crippen molar-refractivity contribution < 1.29 is 19.0 Å². The highest BCUT2D eigenvalue weighted by atomic mass is 32.2. The smallest absolute Gasteiger partial charge is 0.307 e. The van der Waals surface area contributed by atoms with Crippen LogP contribution in [0.15, 0.2) is 58.8 Å². The van der Waals surface area contributed by atoms with Gasteiger partial charge in [0.25, 0.3) is 0 Å². The van der Waals surface area contributed by atoms with Crippen LogP contribution < -0.4 is 9.47 Å². The van der Waals surface area contributed by atoms with E-state index < -0.39 is 0 Å². The highest BCUT2D eigenvalue weighted by molar-refractivity contribution is 7.99. The molecule has 1 aromatic heterocycles. The highest BCUT2D eigenvalue weighted by Gasteiger charge is 2.11. The molecule has 28 heavy (non-hydrogen) atoms. The fraction of sp³-hybridized carbons (Fsp3) is 0.238. The number of esters is 1. The molecule has 0 spiro atoms. The van der Waals surface area contributed by atoms with E-state index in [9.17, 15) is 4.79 Å². The third kappa shape index (κ3) is 5.50. The first-order chi connectivity index (χ1) is 13.7. The molecule has 146 valence electrons. The Balaban J connectivity index is 1.50. The van der Waals surface area contributed by atoms with E-state index in [1.54, 1.807) is 26.0 Å². The lowest BCUT2D eigenvalue weighted by atomic mass is 10.2. The second-order valence-corrected chi connectivity index (χ2v) is 7.81. The first kappa shape index (κ1) is 20.2. The lowest BCUT2D eigenvalue weighted by Gasteiger charge is -2.08. The average molecular weight is 416 g/mol. The third-order valence-corrected chi connectivity index (χ3v) is 5.84. The van der Waals surface area contributed by atoms with E-state index in [0.29, 0.717) is 23.7 Å². The van der Waals surface area contributed by atoms with Crippen molar-refractivity contribution in [3.05, 3.63) is 59.6 Å². The molecule has 0 aliphatic heterocycles. The first-order valence-corrected chi connectivity index (χ1v) is 10.6. The van der Waals surface area contributed by atoms with Crippen molar-refractivity contribution in [2.45, 2.75) is 17.9 Å². The monoisotopic (exact) mass is 415 g/mol. The minimum absolute atomic E-state index is 0.179. The Morgan fingerprint density at radius 1 is 1.07 bits per heavy atom. The molecule has 0 radical (unpaired) electrons. The first-order valence-electron chi connectivity index (χ1n) is 8.70. The number of ether oxygens (including phenoxy) is 3. The van der Waals surface area contributed by atoms with Gasteiger partial charge in [-0.15, -0.1) is 23.1 Å². The van der Waals surface area contributed by atoms with Crippen molar-refractivity contribution in [2.24, 2.45) is 0 Å². The Morgan fingerprint density at radius 2 is 1.86 bits per heavy atom. The molecule has 3 aromatic rings. The summed E-state index contributed by atoms with van der Waals surface area (Å²) in [6, 6.07) is 15.7. The number of benzene rings is 2. The van der Waals surface area contributed by atoms with Crippen molar-refractivity contribution >= 4 is 29.1 Å². The lowest BCUT2D eigenvalue weighted by Crippen LogP contribution is -2.05. The predicted octanol–water partition coefficient (Wildman–Crippen LogP) is 5.05. The molecule has 3 rings (SSSR count). The Morgan fingerprint density at radius 3 is 2.61 bits per heavy atom. The molecular formula is C21H21NO4S2. The van der Waals surface area contributed by atoms with Gasteiger partial charge >= 0.3 is 5.97 Å². The zero-order valence-corrected chi connectivity index (χ0v) is 17.3. The predicted molar refractivity (Wildman–Crippen MR) is 112 cm³/mol. The molecule has 5 nitrogen and oxygen atoms in total. The number of carbonyl (C=O) groups is 1. The average Bonchev–Trinajstić information content (AvgIpc) is 3.21. The largest absolute Gasteiger partial charge is 0.493 e. The summed E-state index contributed by atoms with van der Waals surface area (Å²) in [7, 11) is 3.20. The second-order valence-electron chi connectivity index (χ2n) is 5.79. The molecule has 0 amide bonds. The van der Waals surface area contributed by atoms with Crippen molar-refractivity contribution in [2.75, 3.05) is 20.0 Å². The summed E-state index contributed by atoms with van der Waals surface area (Å²) in [5.74, 6) is 1.80. The van der Waals surface area contributed by atoms with Gasteiger partial charge in [0, 0.05) is 21.6 Å². The molecule has 0 aliphatic rings. The molecule has 0 saturated carbocycles. The number of rotatable bonds is 9. The summed E-state index contributed by atoms with van der Waals surface area (Å²) in [6.45, 7) is 0.179. The van der Waals surface area contributed by atoms with Gasteiger partial charge in [-0.25, -0.2) is 4.98 Å². The number of hydrogen-bond donors (Lipinski definition) is 0. The molecule has 0 atom stereocenters. The van der Waals surface area contributed by atoms with Crippen LogP contribution in [0.3, 0.4) is 0 Å². The summed E-state index contributed by atoms with van der Waals surface area (Å²) >= 11 is 3.14. The van der Waals surface area contributed by atoms with E-state index >= 15 is 0 Å². The summed E-state index contributed by atoms with van der Waals surface area (Å²) in [4.78, 5) is 17.6. The Kier molecular flexibility index (Phi) is 7.33. The number of carbonyl (C=O) groups excluding carboxylic acids is 1. The van der Waals surface area contributed by atoms with Crippen LogP contribution in [-0.4, -0.2) is 30.9 Å². The van der Waals surface area contributed by atoms with E-state index in [0.717, 1.165) is 21.2 Å². The maximum absolute atomic E-state index is 11.9. The van der Waals surface area contributed by atoms with Crippen LogP contribution >= 0.6 is 23.1 Å². The molecule has 2 aromatic carbocycles. The number of nitrogens with zero attached hydrogens (tertiary/aromatic N) is 1. The van der Waals surface area contributed by atoms with Gasteiger partial charge in [-0.05, 0) is 30.3 Å². The van der Waals surface area contributed by atoms with Gasteiger partial charge in [0.2, 0.25) is 0 Å². The van der Waals surface area contributed by atoms with E-state index in [-0.39, 0.29) is 12.6 Å². The molecule has 0 unspecified atom stereocenters. The number of aromatic nitrogens is 1. The minimum Gasteiger partial charge on any atom is -0.493 e. The molecule has 7 heteroatoms. The third-order valence-electron chi connectivity index (χ3n) is 3.88. The van der Waals surface area contributed by atoms with Crippen molar-refractivity contribution in [1.29, 1.82) is 0 Å². The molecule has 0 saturated heterocycles. The summed E-state index contributed by atoms with van der Waals surface area (Å²) < 4.78 is 15.9. The van der Waals surface area contributed by atoms with Gasteiger partial charge in [-0.3, -0.25) is 4.79 Å². The Hall–Kier alpha value is -2.51. The van der Waals surface area contributed by atoms with Crippen molar-refractivity contribution in [3.8, 4) is 22.1 Å². The van der Waals surface area contributed by atoms with Gasteiger partial charge < -0.3 is 14.2 Å². The Bertz CT molecular complexity index is 912. The van der Waals surface area contributed by atoms with Crippen molar-refractivity contribution in [3.63, 3.8) is 0 Å². The summed E-state index contributed by atoms with van der Waals surface area (Å²) in [5, 5.41) is 2.74. The Labute approximate surface area is 172 Å². The van der Waals surface area contributed by atoms with Crippen LogP contribution in [0.2, 0.25) is 0 Å². The molecule has 0 bridgehead atoms. The van der Waals surface area contributed by atoms with Gasteiger partial charge in [0.15, 0.2) is 11.5 Å². The van der Waals surface area contributed by atoms with Crippen LogP contribution in [-0.2, 0) is 16.1 Å². The van der Waals surface area contributed by atoms with Crippen LogP contribution in [0.1, 0.15) is 12.1 Å². The summed E-state index contributed by atoms with van der Waals surface area (Å²) in [5.41, 5.74) is 1.67. The lowest BCUT2D eigenvalue weighted by molar-refractivity contribution is -0.144. The van der Waals surface area contributed by atoms with Crippen LogP contribution in [0.5, 0.6) is 11.5 Å². The maximum Gasteiger partial charge on any atom is 0.307 e. The van der Waals surface area contributed by atoms with Crippen LogP contribution in [0.4, 0.5) is 0 Å². The fourth-order valence-electron chi connectivity index (χ4n) is 2.47. The standard InChI is InChI=1S/C21H21NO4S2/c1-24-18-9-8-15(12-19(18)25-2)21-22-16(14-28-21)13-26-20(23)10-11-27-17-6-4-3-5-7-17/h3-9,12,14H,10-11,13H2,1-2H3. The SMILES string of the molecule is COc1ccc(-c2nc(COC(=O)CCSc3ccccc3)cs2)cc1OC.